The van der Waals surface area contributed by atoms with E-state index < -0.39 is 5.60 Å². The maximum absolute atomic E-state index is 5.76. The van der Waals surface area contributed by atoms with Crippen molar-refractivity contribution in [3.8, 4) is 0 Å². The van der Waals surface area contributed by atoms with Crippen LogP contribution in [-0.2, 0) is 10.3 Å². The van der Waals surface area contributed by atoms with Gasteiger partial charge in [0, 0.05) is 12.3 Å². The quantitative estimate of drug-likeness (QED) is 0.858. The fourth-order valence-corrected chi connectivity index (χ4v) is 1.91. The molecule has 16 heavy (non-hydrogen) atoms. The van der Waals surface area contributed by atoms with Gasteiger partial charge in [0.05, 0.1) is 4.47 Å². The maximum atomic E-state index is 5.76. The van der Waals surface area contributed by atoms with Crippen molar-refractivity contribution in [3.63, 3.8) is 0 Å². The molecule has 0 spiro atoms. The molecule has 3 nitrogen and oxygen atoms in total. The summed E-state index contributed by atoms with van der Waals surface area (Å²) < 4.78 is 7.18. The molecule has 1 N–H and O–H groups in total. The molecule has 0 amide bonds. The van der Waals surface area contributed by atoms with Crippen LogP contribution in [0, 0.1) is 11.6 Å². The van der Waals surface area contributed by atoms with Crippen LogP contribution in [0.1, 0.15) is 38.7 Å². The van der Waals surface area contributed by atoms with E-state index in [4.69, 9.17) is 17.0 Å². The number of nitrogens with one attached hydrogen (secondary N) is 1. The Morgan fingerprint density at radius 2 is 2.12 bits per heavy atom. The van der Waals surface area contributed by atoms with Gasteiger partial charge in [-0.05, 0) is 43.1 Å². The Balaban J connectivity index is 3.27. The molecule has 0 saturated carbocycles. The van der Waals surface area contributed by atoms with Crippen molar-refractivity contribution < 1.29 is 4.74 Å². The first-order valence-electron chi connectivity index (χ1n) is 5.35. The third-order valence-corrected chi connectivity index (χ3v) is 4.20. The summed E-state index contributed by atoms with van der Waals surface area (Å²) in [7, 11) is 0. The summed E-state index contributed by atoms with van der Waals surface area (Å²) >= 11 is 8.60. The summed E-state index contributed by atoms with van der Waals surface area (Å²) in [6, 6.07) is 0. The second kappa shape index (κ2) is 5.38. The number of hydrogen-bond acceptors (Lipinski definition) is 3. The number of rotatable bonds is 4. The largest absolute Gasteiger partial charge is 0.368 e. The molecule has 0 bridgehead atoms. The summed E-state index contributed by atoms with van der Waals surface area (Å²) in [5, 5.41) is 0. The molecule has 1 aromatic rings. The van der Waals surface area contributed by atoms with E-state index in [1.54, 1.807) is 0 Å². The highest BCUT2D eigenvalue weighted by molar-refractivity contribution is 9.10. The van der Waals surface area contributed by atoms with Gasteiger partial charge in [0.2, 0.25) is 0 Å². The Kier molecular flexibility index (Phi) is 4.64. The van der Waals surface area contributed by atoms with E-state index in [2.05, 4.69) is 32.8 Å². The number of halogens is 1. The molecule has 1 heterocycles. The Hall–Kier alpha value is -0.260. The van der Waals surface area contributed by atoms with Crippen molar-refractivity contribution in [3.05, 3.63) is 20.6 Å². The molecule has 0 aliphatic heterocycles. The minimum Gasteiger partial charge on any atom is -0.368 e. The lowest BCUT2D eigenvalue weighted by Gasteiger charge is -2.27. The van der Waals surface area contributed by atoms with Gasteiger partial charge in [-0.15, -0.1) is 0 Å². The third-order valence-electron chi connectivity index (χ3n) is 2.67. The lowest BCUT2D eigenvalue weighted by molar-refractivity contribution is -0.0392. The van der Waals surface area contributed by atoms with E-state index in [-0.39, 0.29) is 0 Å². The third kappa shape index (κ3) is 2.70. The van der Waals surface area contributed by atoms with Gasteiger partial charge in [0.15, 0.2) is 0 Å². The van der Waals surface area contributed by atoms with Crippen LogP contribution in [-0.4, -0.2) is 16.6 Å². The van der Waals surface area contributed by atoms with E-state index >= 15 is 0 Å². The monoisotopic (exact) mass is 304 g/mol. The average molecular weight is 305 g/mol. The zero-order valence-electron chi connectivity index (χ0n) is 10.1. The average Bonchev–Trinajstić information content (AvgIpc) is 2.25. The van der Waals surface area contributed by atoms with Crippen molar-refractivity contribution in [2.75, 3.05) is 6.61 Å². The van der Waals surface area contributed by atoms with E-state index in [0.717, 1.165) is 22.4 Å². The van der Waals surface area contributed by atoms with Crippen LogP contribution < -0.4 is 0 Å². The van der Waals surface area contributed by atoms with Gasteiger partial charge in [-0.25, -0.2) is 4.98 Å². The van der Waals surface area contributed by atoms with Crippen molar-refractivity contribution in [1.82, 2.24) is 9.97 Å². The summed E-state index contributed by atoms with van der Waals surface area (Å²) in [5.41, 5.74) is 0.586. The van der Waals surface area contributed by atoms with Crippen LogP contribution in [0.2, 0.25) is 0 Å². The number of aromatic amines is 1. The maximum Gasteiger partial charge on any atom is 0.144 e. The van der Waals surface area contributed by atoms with Gasteiger partial charge in [-0.1, -0.05) is 19.1 Å². The molecule has 0 aliphatic carbocycles. The predicted octanol–water partition coefficient (Wildman–Crippen LogP) is 3.87. The van der Waals surface area contributed by atoms with Gasteiger partial charge in [-0.3, -0.25) is 0 Å². The van der Waals surface area contributed by atoms with E-state index in [1.807, 2.05) is 20.8 Å². The molecular formula is C11H17BrN2OS. The zero-order chi connectivity index (χ0) is 12.3. The normalized spacial score (nSPS) is 14.8. The second-order valence-electron chi connectivity index (χ2n) is 3.85. The standard InChI is InChI=1S/C11H17BrN2OS/c1-5-11(4,15-6-2)10-13-7(3)8(12)9(16)14-10/h5-6H2,1-4H3,(H,13,14,16). The first-order valence-corrected chi connectivity index (χ1v) is 6.55. The number of hydrogen-bond donors (Lipinski definition) is 1. The lowest BCUT2D eigenvalue weighted by atomic mass is 10.0. The van der Waals surface area contributed by atoms with Gasteiger partial charge in [-0.2, -0.15) is 0 Å². The van der Waals surface area contributed by atoms with Crippen LogP contribution in [0.3, 0.4) is 0 Å². The van der Waals surface area contributed by atoms with Crippen LogP contribution in [0.25, 0.3) is 0 Å². The SMILES string of the molecule is CCOC(C)(CC)c1nc(=S)c(Br)c(C)[nH]1. The molecular weight excluding hydrogens is 288 g/mol. The molecule has 0 fully saturated rings. The first kappa shape index (κ1) is 13.8. The Labute approximate surface area is 110 Å². The van der Waals surface area contributed by atoms with Crippen LogP contribution in [0.5, 0.6) is 0 Å². The number of H-pyrrole nitrogens is 1. The highest BCUT2D eigenvalue weighted by atomic mass is 79.9. The van der Waals surface area contributed by atoms with Crippen LogP contribution in [0.15, 0.2) is 4.47 Å². The minimum absolute atomic E-state index is 0.395. The molecule has 1 rings (SSSR count). The van der Waals surface area contributed by atoms with Gasteiger partial charge in [0.25, 0.3) is 0 Å². The Morgan fingerprint density at radius 1 is 1.50 bits per heavy atom. The minimum atomic E-state index is -0.395. The number of ether oxygens (including phenoxy) is 1. The van der Waals surface area contributed by atoms with E-state index in [9.17, 15) is 0 Å². The second-order valence-corrected chi connectivity index (χ2v) is 5.03. The number of aromatic nitrogens is 2. The first-order chi connectivity index (χ1) is 7.44. The molecule has 1 atom stereocenters. The summed E-state index contributed by atoms with van der Waals surface area (Å²) in [4.78, 5) is 7.63. The highest BCUT2D eigenvalue weighted by Gasteiger charge is 2.28. The van der Waals surface area contributed by atoms with Crippen molar-refractivity contribution in [2.24, 2.45) is 0 Å². The van der Waals surface area contributed by atoms with Crippen molar-refractivity contribution in [2.45, 2.75) is 39.7 Å². The van der Waals surface area contributed by atoms with Crippen LogP contribution >= 0.6 is 28.1 Å². The predicted molar refractivity (Wildman–Crippen MR) is 71.1 cm³/mol. The number of aryl methyl sites for hydroxylation is 1. The van der Waals surface area contributed by atoms with E-state index in [0.29, 0.717) is 11.2 Å². The smallest absolute Gasteiger partial charge is 0.144 e. The zero-order valence-corrected chi connectivity index (χ0v) is 12.5. The molecule has 0 radical (unpaired) electrons. The molecule has 1 unspecified atom stereocenters. The van der Waals surface area contributed by atoms with E-state index in [1.165, 1.54) is 0 Å². The Morgan fingerprint density at radius 3 is 2.56 bits per heavy atom. The van der Waals surface area contributed by atoms with Gasteiger partial charge in [0.1, 0.15) is 16.1 Å². The molecule has 5 heteroatoms. The summed E-state index contributed by atoms with van der Waals surface area (Å²) in [5.74, 6) is 0.794. The Bertz CT molecular complexity index is 432. The molecule has 0 aromatic carbocycles. The van der Waals surface area contributed by atoms with Gasteiger partial charge < -0.3 is 9.72 Å². The topological polar surface area (TPSA) is 37.9 Å². The summed E-state index contributed by atoms with van der Waals surface area (Å²) in [6.45, 7) is 8.70. The molecule has 0 saturated heterocycles. The van der Waals surface area contributed by atoms with Gasteiger partial charge >= 0.3 is 0 Å². The van der Waals surface area contributed by atoms with Crippen molar-refractivity contribution in [1.29, 1.82) is 0 Å². The van der Waals surface area contributed by atoms with Crippen molar-refractivity contribution >= 4 is 28.1 Å². The molecule has 90 valence electrons. The molecule has 1 aromatic heterocycles. The fourth-order valence-electron chi connectivity index (χ4n) is 1.48. The summed E-state index contributed by atoms with van der Waals surface area (Å²) in [6.07, 6.45) is 0.847. The number of nitrogens with zero attached hydrogens (tertiary/aromatic N) is 1. The molecule has 0 aliphatic rings. The lowest BCUT2D eigenvalue weighted by Crippen LogP contribution is -2.28. The fraction of sp³-hybridized carbons (Fsp3) is 0.636. The van der Waals surface area contributed by atoms with Crippen LogP contribution in [0.4, 0.5) is 0 Å². The highest BCUT2D eigenvalue weighted by Crippen LogP contribution is 2.27.